The second kappa shape index (κ2) is 11.1. The van der Waals surface area contributed by atoms with E-state index >= 15 is 0 Å². The topological polar surface area (TPSA) is 64.6 Å². The van der Waals surface area contributed by atoms with Crippen molar-refractivity contribution in [2.24, 2.45) is 0 Å². The smallest absolute Gasteiger partial charge is 0.253 e. The number of ether oxygens (including phenoxy) is 5. The molecule has 3 aromatic carbocycles. The average molecular weight is 517 g/mol. The van der Waals surface area contributed by atoms with Crippen LogP contribution in [0, 0.1) is 0 Å². The summed E-state index contributed by atoms with van der Waals surface area (Å²) >= 11 is 0. The second-order valence-electron chi connectivity index (χ2n) is 9.96. The maximum absolute atomic E-state index is 6.60. The molecule has 38 heavy (non-hydrogen) atoms. The van der Waals surface area contributed by atoms with Gasteiger partial charge in [-0.05, 0) is 35.8 Å². The molecule has 0 spiro atoms. The molecular formula is C31H32O7. The van der Waals surface area contributed by atoms with Gasteiger partial charge in [0, 0.05) is 0 Å². The summed E-state index contributed by atoms with van der Waals surface area (Å²) in [7, 11) is 0. The molecule has 7 nitrogen and oxygen atoms in total. The van der Waals surface area contributed by atoms with E-state index in [0.29, 0.717) is 26.4 Å². The molecule has 0 aromatic heterocycles. The quantitative estimate of drug-likeness (QED) is 0.259. The highest BCUT2D eigenvalue weighted by Gasteiger charge is 2.65. The van der Waals surface area contributed by atoms with E-state index in [1.807, 2.05) is 103 Å². The number of hydrogen-bond acceptors (Lipinski definition) is 7. The minimum absolute atomic E-state index is 0.313. The molecule has 3 aromatic rings. The molecule has 6 atom stereocenters. The van der Waals surface area contributed by atoms with Crippen molar-refractivity contribution < 1.29 is 33.5 Å². The Hall–Kier alpha value is -2.88. The molecule has 6 rings (SSSR count). The molecule has 198 valence electrons. The Bertz CT molecular complexity index is 1200. The van der Waals surface area contributed by atoms with Crippen molar-refractivity contribution in [3.63, 3.8) is 0 Å². The standard InChI is InChI=1S/C31H32O7/c1-30-17-18-31(36-30,38-37-30)29-28(34-21-25-15-9-4-10-16-25)27(33-20-24-13-7-3-8-14-24)26(35-29)22-32-19-23-11-5-2-6-12-23/h2-18,26-29H,19-22H2,1H3/t26-,27-,28+,29-,30-,31+/m1/s1. The van der Waals surface area contributed by atoms with Gasteiger partial charge in [0.2, 0.25) is 5.79 Å². The second-order valence-corrected chi connectivity index (χ2v) is 9.96. The van der Waals surface area contributed by atoms with Crippen molar-refractivity contribution in [2.75, 3.05) is 6.61 Å². The molecule has 2 fully saturated rings. The van der Waals surface area contributed by atoms with Crippen molar-refractivity contribution in [3.8, 4) is 0 Å². The zero-order chi connectivity index (χ0) is 25.8. The van der Waals surface area contributed by atoms with E-state index in [1.165, 1.54) is 0 Å². The zero-order valence-electron chi connectivity index (χ0n) is 21.3. The third-order valence-electron chi connectivity index (χ3n) is 6.99. The molecule has 0 unspecified atom stereocenters. The summed E-state index contributed by atoms with van der Waals surface area (Å²) < 4.78 is 31.9. The van der Waals surface area contributed by atoms with Crippen LogP contribution in [-0.4, -0.2) is 42.6 Å². The van der Waals surface area contributed by atoms with Gasteiger partial charge in [-0.2, -0.15) is 9.78 Å². The van der Waals surface area contributed by atoms with Gasteiger partial charge in [0.1, 0.15) is 24.4 Å². The molecule has 3 aliphatic rings. The van der Waals surface area contributed by atoms with Crippen LogP contribution in [0.3, 0.4) is 0 Å². The Morgan fingerprint density at radius 3 is 1.71 bits per heavy atom. The van der Waals surface area contributed by atoms with Crippen molar-refractivity contribution >= 4 is 0 Å². The highest BCUT2D eigenvalue weighted by Crippen LogP contribution is 2.48. The summed E-state index contributed by atoms with van der Waals surface area (Å²) in [5.74, 6) is -2.20. The minimum Gasteiger partial charge on any atom is -0.374 e. The van der Waals surface area contributed by atoms with E-state index in [2.05, 4.69) is 0 Å². The fourth-order valence-corrected chi connectivity index (χ4v) is 5.06. The molecule has 3 heterocycles. The lowest BCUT2D eigenvalue weighted by atomic mass is 10.0. The van der Waals surface area contributed by atoms with Crippen LogP contribution in [-0.2, 0) is 53.3 Å². The fraction of sp³-hybridized carbons (Fsp3) is 0.355. The summed E-state index contributed by atoms with van der Waals surface area (Å²) in [5, 5.41) is 0. The molecule has 0 N–H and O–H groups in total. The van der Waals surface area contributed by atoms with Gasteiger partial charge >= 0.3 is 0 Å². The maximum atomic E-state index is 6.60. The Morgan fingerprint density at radius 2 is 1.21 bits per heavy atom. The normalized spacial score (nSPS) is 31.7. The minimum atomic E-state index is -1.24. The van der Waals surface area contributed by atoms with E-state index in [1.54, 1.807) is 6.92 Å². The summed E-state index contributed by atoms with van der Waals surface area (Å²) in [6.07, 6.45) is 1.67. The summed E-state index contributed by atoms with van der Waals surface area (Å²) in [6.45, 7) is 3.36. The predicted molar refractivity (Wildman–Crippen MR) is 138 cm³/mol. The third kappa shape index (κ3) is 5.46. The van der Waals surface area contributed by atoms with Crippen LogP contribution in [0.2, 0.25) is 0 Å². The number of benzene rings is 3. The van der Waals surface area contributed by atoms with E-state index in [0.717, 1.165) is 16.7 Å². The van der Waals surface area contributed by atoms with Crippen LogP contribution in [0.1, 0.15) is 23.6 Å². The molecular weight excluding hydrogens is 484 g/mol. The van der Waals surface area contributed by atoms with Crippen molar-refractivity contribution in [1.82, 2.24) is 0 Å². The lowest BCUT2D eigenvalue weighted by Gasteiger charge is -2.31. The van der Waals surface area contributed by atoms with Crippen LogP contribution >= 0.6 is 0 Å². The van der Waals surface area contributed by atoms with E-state index in [4.69, 9.17) is 33.5 Å². The molecule has 7 heteroatoms. The fourth-order valence-electron chi connectivity index (χ4n) is 5.06. The molecule has 3 aliphatic heterocycles. The van der Waals surface area contributed by atoms with Gasteiger partial charge in [-0.3, -0.25) is 0 Å². The number of fused-ring (bicyclic) bond motifs is 2. The molecule has 0 saturated carbocycles. The first-order valence-electron chi connectivity index (χ1n) is 13.0. The number of hydrogen-bond donors (Lipinski definition) is 0. The van der Waals surface area contributed by atoms with E-state index in [-0.39, 0.29) is 0 Å². The van der Waals surface area contributed by atoms with Crippen LogP contribution in [0.15, 0.2) is 103 Å². The maximum Gasteiger partial charge on any atom is 0.253 e. The zero-order valence-corrected chi connectivity index (χ0v) is 21.3. The third-order valence-corrected chi connectivity index (χ3v) is 6.99. The van der Waals surface area contributed by atoms with Crippen LogP contribution in [0.25, 0.3) is 0 Å². The van der Waals surface area contributed by atoms with Gasteiger partial charge in [0.25, 0.3) is 5.79 Å². The van der Waals surface area contributed by atoms with Crippen molar-refractivity contribution in [3.05, 3.63) is 120 Å². The lowest BCUT2D eigenvalue weighted by Crippen LogP contribution is -2.49. The van der Waals surface area contributed by atoms with Crippen LogP contribution in [0.4, 0.5) is 0 Å². The van der Waals surface area contributed by atoms with Gasteiger partial charge in [0.15, 0.2) is 0 Å². The average Bonchev–Trinajstić information content (AvgIpc) is 3.61. The summed E-state index contributed by atoms with van der Waals surface area (Å²) in [5.41, 5.74) is 3.19. The van der Waals surface area contributed by atoms with Crippen LogP contribution in [0.5, 0.6) is 0 Å². The SMILES string of the molecule is C[C@]12C=C[C@@]([C@@H]3O[C@H](COCc4ccccc4)[C@@H](OCc4ccccc4)[C@@H]3OCc3ccccc3)(OO1)O2. The van der Waals surface area contributed by atoms with Crippen molar-refractivity contribution in [2.45, 2.75) is 62.7 Å². The van der Waals surface area contributed by atoms with Gasteiger partial charge in [-0.25, -0.2) is 0 Å². The van der Waals surface area contributed by atoms with E-state index in [9.17, 15) is 0 Å². The summed E-state index contributed by atoms with van der Waals surface area (Å²) in [6, 6.07) is 30.1. The molecule has 0 radical (unpaired) electrons. The van der Waals surface area contributed by atoms with Crippen molar-refractivity contribution in [1.29, 1.82) is 0 Å². The first-order valence-corrected chi connectivity index (χ1v) is 13.0. The lowest BCUT2D eigenvalue weighted by molar-refractivity contribution is -0.355. The van der Waals surface area contributed by atoms with Gasteiger partial charge in [-0.1, -0.05) is 91.0 Å². The molecule has 0 aliphatic carbocycles. The van der Waals surface area contributed by atoms with E-state index < -0.39 is 36.0 Å². The molecule has 2 bridgehead atoms. The van der Waals surface area contributed by atoms with Crippen LogP contribution < -0.4 is 0 Å². The summed E-state index contributed by atoms with van der Waals surface area (Å²) in [4.78, 5) is 11.2. The largest absolute Gasteiger partial charge is 0.374 e. The molecule has 2 saturated heterocycles. The first kappa shape index (κ1) is 25.4. The first-order chi connectivity index (χ1) is 18.6. The monoisotopic (exact) mass is 516 g/mol. The Morgan fingerprint density at radius 1 is 0.658 bits per heavy atom. The highest BCUT2D eigenvalue weighted by atomic mass is 17.3. The predicted octanol–water partition coefficient (Wildman–Crippen LogP) is 5.10. The highest BCUT2D eigenvalue weighted by molar-refractivity contribution is 5.20. The van der Waals surface area contributed by atoms with Gasteiger partial charge in [-0.15, -0.1) is 0 Å². The Balaban J connectivity index is 1.24. The Labute approximate surface area is 222 Å². The molecule has 0 amide bonds. The van der Waals surface area contributed by atoms with Gasteiger partial charge in [0.05, 0.1) is 26.4 Å². The number of rotatable bonds is 11. The Kier molecular flexibility index (Phi) is 7.41. The van der Waals surface area contributed by atoms with Gasteiger partial charge < -0.3 is 23.7 Å².